The molecule has 1 fully saturated rings. The zero-order valence-corrected chi connectivity index (χ0v) is 31.0. The van der Waals surface area contributed by atoms with Crippen LogP contribution in [0.2, 0.25) is 5.02 Å². The van der Waals surface area contributed by atoms with Gasteiger partial charge in [-0.25, -0.2) is 44.7 Å². The molecule has 0 bridgehead atoms. The van der Waals surface area contributed by atoms with Crippen molar-refractivity contribution >= 4 is 55.3 Å². The maximum Gasteiger partial charge on any atom is 0.293 e. The first-order valence-electron chi connectivity index (χ1n) is 17.2. The van der Waals surface area contributed by atoms with Gasteiger partial charge in [-0.15, -0.1) is 0 Å². The van der Waals surface area contributed by atoms with E-state index in [-0.39, 0.29) is 50.2 Å². The van der Waals surface area contributed by atoms with Crippen molar-refractivity contribution in [3.8, 4) is 5.69 Å². The Hall–Kier alpha value is -5.64. The highest BCUT2D eigenvalue weighted by atomic mass is 35.5. The topological polar surface area (TPSA) is 159 Å². The lowest BCUT2D eigenvalue weighted by molar-refractivity contribution is -0.123. The van der Waals surface area contributed by atoms with E-state index in [1.165, 1.54) is 30.5 Å². The molecule has 58 heavy (non-hydrogen) atoms. The first-order valence-corrected chi connectivity index (χ1v) is 19.4. The average Bonchev–Trinajstić information content (AvgIpc) is 3.65. The number of nitrogens with one attached hydrogen (secondary N) is 2. The highest BCUT2D eigenvalue weighted by molar-refractivity contribution is 7.92. The molecule has 0 aliphatic heterocycles. The number of nitrogens with zero attached hydrogens (tertiary/aromatic N) is 7. The van der Waals surface area contributed by atoms with Gasteiger partial charge < -0.3 is 5.32 Å². The van der Waals surface area contributed by atoms with Crippen molar-refractivity contribution in [1.82, 2.24) is 39.4 Å². The van der Waals surface area contributed by atoms with E-state index in [1.54, 1.807) is 0 Å². The molecule has 2 aromatic carbocycles. The van der Waals surface area contributed by atoms with Crippen molar-refractivity contribution in [2.45, 2.75) is 56.7 Å². The minimum Gasteiger partial charge on any atom is -0.344 e. The summed E-state index contributed by atoms with van der Waals surface area (Å²) < 4.78 is 145. The highest BCUT2D eigenvalue weighted by Gasteiger charge is 2.67. The summed E-state index contributed by atoms with van der Waals surface area (Å²) in [6.07, 6.45) is -4.90. The molecular weight excluding hydrogens is 830 g/mol. The molecule has 23 heteroatoms. The fourth-order valence-electron chi connectivity index (χ4n) is 7.58. The number of aromatic nitrogens is 7. The number of alkyl halides is 6. The minimum absolute atomic E-state index is 0.0386. The molecule has 1 saturated carbocycles. The fourth-order valence-corrected chi connectivity index (χ4v) is 8.32. The van der Waals surface area contributed by atoms with Gasteiger partial charge in [0.2, 0.25) is 15.9 Å². The number of pyridine rings is 1. The van der Waals surface area contributed by atoms with Crippen molar-refractivity contribution in [1.29, 1.82) is 0 Å². The van der Waals surface area contributed by atoms with Crippen LogP contribution in [0.4, 0.5) is 40.9 Å². The van der Waals surface area contributed by atoms with E-state index in [1.807, 2.05) is 0 Å². The lowest BCUT2D eigenvalue weighted by Crippen LogP contribution is -2.38. The fraction of sp³-hybridized carbons (Fsp3) is 0.314. The van der Waals surface area contributed by atoms with Gasteiger partial charge in [0.25, 0.3) is 24.3 Å². The number of fused-ring (bicyclic) bond motifs is 5. The highest BCUT2D eigenvalue weighted by Crippen LogP contribution is 2.68. The van der Waals surface area contributed by atoms with E-state index in [4.69, 9.17) is 11.6 Å². The second kappa shape index (κ2) is 14.0. The van der Waals surface area contributed by atoms with Gasteiger partial charge in [-0.05, 0) is 54.3 Å². The lowest BCUT2D eigenvalue weighted by Gasteiger charge is -2.24. The van der Waals surface area contributed by atoms with Gasteiger partial charge in [0, 0.05) is 30.2 Å². The van der Waals surface area contributed by atoms with Crippen LogP contribution >= 0.6 is 11.6 Å². The molecule has 0 saturated heterocycles. The van der Waals surface area contributed by atoms with Crippen LogP contribution < -0.4 is 15.6 Å². The number of anilines is 1. The molecule has 304 valence electrons. The van der Waals surface area contributed by atoms with Gasteiger partial charge in [-0.2, -0.15) is 19.0 Å². The number of rotatable bonds is 12. The van der Waals surface area contributed by atoms with E-state index in [2.05, 4.69) is 30.2 Å². The maximum atomic E-state index is 15.4. The molecule has 2 N–H and O–H groups in total. The predicted molar refractivity (Wildman–Crippen MR) is 191 cm³/mol. The van der Waals surface area contributed by atoms with Crippen molar-refractivity contribution in [3.63, 3.8) is 0 Å². The molecule has 4 aromatic heterocycles. The SMILES string of the molecule is CS(=O)(=O)Nc1nn(CC(F)F)c2c(-n3c([C@H](Cc4cc(F)cc(F)c4)NC(=O)Cn4nc(C(F)F)c5c4C(F)(F)[C@H]4C[C@@H]54)nc4ncccc4c3=O)ccc(Cl)c12. The number of hydrogen-bond acceptors (Lipinski definition) is 8. The van der Waals surface area contributed by atoms with Crippen molar-refractivity contribution in [2.24, 2.45) is 5.92 Å². The zero-order chi connectivity index (χ0) is 41.6. The number of sulfonamides is 1. The number of benzene rings is 2. The monoisotopic (exact) mass is 855 g/mol. The molecule has 3 atom stereocenters. The van der Waals surface area contributed by atoms with Crippen LogP contribution in [-0.4, -0.2) is 61.1 Å². The molecule has 1 amide bonds. The number of amides is 1. The smallest absolute Gasteiger partial charge is 0.293 e. The maximum absolute atomic E-state index is 15.4. The van der Waals surface area contributed by atoms with Gasteiger partial charge in [-0.3, -0.25) is 28.2 Å². The Morgan fingerprint density at radius 1 is 1.05 bits per heavy atom. The summed E-state index contributed by atoms with van der Waals surface area (Å²) in [6, 6.07) is 5.80. The second-order valence-corrected chi connectivity index (χ2v) is 16.0. The first-order chi connectivity index (χ1) is 27.3. The van der Waals surface area contributed by atoms with E-state index in [0.717, 1.165) is 23.0 Å². The number of carbonyl (C=O) groups is 1. The van der Waals surface area contributed by atoms with Crippen LogP contribution in [0, 0.1) is 17.6 Å². The first kappa shape index (κ1) is 39.2. The van der Waals surface area contributed by atoms with Gasteiger partial charge in [-0.1, -0.05) is 11.6 Å². The van der Waals surface area contributed by atoms with E-state index >= 15 is 8.78 Å². The Bertz CT molecular complexity index is 2830. The molecule has 2 aliphatic rings. The third kappa shape index (κ3) is 6.90. The molecule has 4 heterocycles. The summed E-state index contributed by atoms with van der Waals surface area (Å²) in [7, 11) is -4.10. The zero-order valence-electron chi connectivity index (χ0n) is 29.4. The van der Waals surface area contributed by atoms with Crippen LogP contribution in [-0.2, 0) is 40.3 Å². The standard InChI is InChI=1S/C35H26ClF8N9O4S/c1-58(56,57)50-32-26-20(36)4-5-22(28(26)51(49-32)12-23(39)40)53-33(47-31-17(34(53)55)3-2-6-45-31)21(9-14-7-15(37)10-16(38)8-14)46-24(54)13-52-29-25(27(48-52)30(41)42)18-11-19(18)35(29,43)44/h2-8,10,18-19,21,23,30H,9,11-13H2,1H3,(H,46,54)(H,49,50)/t18-,19+,21+/m1/s1. The number of halogens is 9. The lowest BCUT2D eigenvalue weighted by atomic mass is 10.0. The quantitative estimate of drug-likeness (QED) is 0.139. The van der Waals surface area contributed by atoms with Crippen molar-refractivity contribution in [3.05, 3.63) is 104 Å². The largest absolute Gasteiger partial charge is 0.344 e. The Morgan fingerprint density at radius 2 is 1.78 bits per heavy atom. The third-order valence-corrected chi connectivity index (χ3v) is 10.7. The Balaban J connectivity index is 1.33. The van der Waals surface area contributed by atoms with Crippen LogP contribution in [0.1, 0.15) is 53.1 Å². The average molecular weight is 856 g/mol. The van der Waals surface area contributed by atoms with E-state index in [0.29, 0.717) is 15.4 Å². The second-order valence-electron chi connectivity index (χ2n) is 13.9. The third-order valence-electron chi connectivity index (χ3n) is 9.79. The number of carbonyl (C=O) groups excluding carboxylic acids is 1. The Morgan fingerprint density at radius 3 is 2.45 bits per heavy atom. The van der Waals surface area contributed by atoms with E-state index in [9.17, 15) is 44.3 Å². The number of hydrogen-bond donors (Lipinski definition) is 2. The molecule has 8 rings (SSSR count). The van der Waals surface area contributed by atoms with Gasteiger partial charge in [0.15, 0.2) is 11.5 Å². The van der Waals surface area contributed by atoms with Crippen LogP contribution in [0.3, 0.4) is 0 Å². The van der Waals surface area contributed by atoms with Crippen LogP contribution in [0.25, 0.3) is 27.6 Å². The summed E-state index contributed by atoms with van der Waals surface area (Å²) in [5, 5.41) is 9.60. The van der Waals surface area contributed by atoms with Crippen molar-refractivity contribution in [2.75, 3.05) is 11.0 Å². The molecular formula is C35H26ClF8N9O4S. The molecule has 0 radical (unpaired) electrons. The Labute approximate surface area is 325 Å². The molecule has 13 nitrogen and oxygen atoms in total. The normalized spacial score (nSPS) is 17.6. The summed E-state index contributed by atoms with van der Waals surface area (Å²) in [4.78, 5) is 37.1. The van der Waals surface area contributed by atoms with Crippen molar-refractivity contribution < 1.29 is 48.3 Å². The summed E-state index contributed by atoms with van der Waals surface area (Å²) in [6.45, 7) is -2.20. The van der Waals surface area contributed by atoms with Crippen LogP contribution in [0.15, 0.2) is 53.5 Å². The summed E-state index contributed by atoms with van der Waals surface area (Å²) >= 11 is 6.49. The molecule has 0 spiro atoms. The minimum atomic E-state index is -4.10. The summed E-state index contributed by atoms with van der Waals surface area (Å²) in [5.41, 5.74) is -3.97. The molecule has 2 aliphatic carbocycles. The van der Waals surface area contributed by atoms with Crippen LogP contribution in [0.5, 0.6) is 0 Å². The van der Waals surface area contributed by atoms with Gasteiger partial charge >= 0.3 is 0 Å². The van der Waals surface area contributed by atoms with Gasteiger partial charge in [0.1, 0.15) is 41.9 Å². The summed E-state index contributed by atoms with van der Waals surface area (Å²) in [5.74, 6) is -9.86. The Kier molecular flexibility index (Phi) is 9.48. The van der Waals surface area contributed by atoms with E-state index < -0.39 is 112 Å². The van der Waals surface area contributed by atoms with Gasteiger partial charge in [0.05, 0.1) is 39.3 Å². The predicted octanol–water partition coefficient (Wildman–Crippen LogP) is 6.14. The molecule has 6 aromatic rings. The molecule has 0 unspecified atom stereocenters.